The molecule has 0 aliphatic heterocycles. The molecule has 0 aliphatic rings. The Balaban J connectivity index is 1.71. The van der Waals surface area contributed by atoms with E-state index in [4.69, 9.17) is 9.72 Å². The monoisotopic (exact) mass is 464 g/mol. The van der Waals surface area contributed by atoms with E-state index >= 15 is 0 Å². The summed E-state index contributed by atoms with van der Waals surface area (Å²) in [5, 5.41) is 12.9. The van der Waals surface area contributed by atoms with Gasteiger partial charge in [0, 0.05) is 13.1 Å². The molecule has 10 heteroatoms. The van der Waals surface area contributed by atoms with Gasteiger partial charge in [0.2, 0.25) is 0 Å². The maximum atomic E-state index is 13.4. The van der Waals surface area contributed by atoms with Crippen molar-refractivity contribution < 1.29 is 9.53 Å². The molecule has 0 unspecified atom stereocenters. The van der Waals surface area contributed by atoms with Gasteiger partial charge in [0.25, 0.3) is 5.56 Å². The summed E-state index contributed by atoms with van der Waals surface area (Å²) in [5.74, 6) is 0.710. The SMILES string of the molecule is CCCn1nnnc1CSc1nc2cc(C(=O)OC)ccc2c(=O)n1CCc1ccccc1. The summed E-state index contributed by atoms with van der Waals surface area (Å²) in [6, 6.07) is 14.8. The number of nitrogens with zero attached hydrogens (tertiary/aromatic N) is 6. The van der Waals surface area contributed by atoms with E-state index in [1.165, 1.54) is 18.9 Å². The molecule has 170 valence electrons. The van der Waals surface area contributed by atoms with Crippen molar-refractivity contribution in [2.75, 3.05) is 7.11 Å². The summed E-state index contributed by atoms with van der Waals surface area (Å²) in [6.07, 6.45) is 1.60. The average molecular weight is 465 g/mol. The summed E-state index contributed by atoms with van der Waals surface area (Å²) in [7, 11) is 1.32. The van der Waals surface area contributed by atoms with Crippen LogP contribution >= 0.6 is 11.8 Å². The van der Waals surface area contributed by atoms with Gasteiger partial charge in [-0.1, -0.05) is 49.0 Å². The molecule has 0 N–H and O–H groups in total. The number of carbonyl (C=O) groups is 1. The number of benzene rings is 2. The molecule has 2 heterocycles. The lowest BCUT2D eigenvalue weighted by molar-refractivity contribution is 0.0601. The van der Waals surface area contributed by atoms with E-state index in [1.807, 2.05) is 30.3 Å². The highest BCUT2D eigenvalue weighted by atomic mass is 32.2. The number of rotatable bonds is 9. The molecule has 0 radical (unpaired) electrons. The van der Waals surface area contributed by atoms with Gasteiger partial charge in [-0.25, -0.2) is 14.5 Å². The van der Waals surface area contributed by atoms with Gasteiger partial charge < -0.3 is 4.74 Å². The van der Waals surface area contributed by atoms with Gasteiger partial charge in [0.15, 0.2) is 11.0 Å². The van der Waals surface area contributed by atoms with Crippen LogP contribution in [0.5, 0.6) is 0 Å². The first-order valence-corrected chi connectivity index (χ1v) is 11.6. The van der Waals surface area contributed by atoms with E-state index in [2.05, 4.69) is 22.4 Å². The Morgan fingerprint density at radius 2 is 1.94 bits per heavy atom. The van der Waals surface area contributed by atoms with Crippen LogP contribution in [0.2, 0.25) is 0 Å². The number of tetrazole rings is 1. The molecular weight excluding hydrogens is 440 g/mol. The zero-order chi connectivity index (χ0) is 23.2. The second-order valence-electron chi connectivity index (χ2n) is 7.42. The number of hydrogen-bond donors (Lipinski definition) is 0. The molecule has 0 bridgehead atoms. The minimum atomic E-state index is -0.472. The van der Waals surface area contributed by atoms with Gasteiger partial charge in [0.05, 0.1) is 29.3 Å². The normalized spacial score (nSPS) is 11.1. The van der Waals surface area contributed by atoms with E-state index < -0.39 is 5.97 Å². The van der Waals surface area contributed by atoms with Gasteiger partial charge in [0.1, 0.15) is 0 Å². The second kappa shape index (κ2) is 10.4. The van der Waals surface area contributed by atoms with Crippen molar-refractivity contribution in [3.05, 3.63) is 75.8 Å². The van der Waals surface area contributed by atoms with Crippen molar-refractivity contribution in [1.29, 1.82) is 0 Å². The van der Waals surface area contributed by atoms with Crippen LogP contribution in [0, 0.1) is 0 Å². The number of aromatic nitrogens is 6. The number of fused-ring (bicyclic) bond motifs is 1. The minimum absolute atomic E-state index is 0.150. The van der Waals surface area contributed by atoms with Gasteiger partial charge >= 0.3 is 5.97 Å². The topological polar surface area (TPSA) is 105 Å². The smallest absolute Gasteiger partial charge is 0.337 e. The van der Waals surface area contributed by atoms with Crippen LogP contribution in [-0.4, -0.2) is 42.8 Å². The lowest BCUT2D eigenvalue weighted by atomic mass is 10.1. The first kappa shape index (κ1) is 22.7. The van der Waals surface area contributed by atoms with Crippen molar-refractivity contribution in [3.63, 3.8) is 0 Å². The number of hydrogen-bond acceptors (Lipinski definition) is 8. The summed E-state index contributed by atoms with van der Waals surface area (Å²) in [5.41, 5.74) is 1.78. The highest BCUT2D eigenvalue weighted by Gasteiger charge is 2.16. The third-order valence-electron chi connectivity index (χ3n) is 5.18. The van der Waals surface area contributed by atoms with E-state index in [9.17, 15) is 9.59 Å². The van der Waals surface area contributed by atoms with E-state index in [0.717, 1.165) is 18.5 Å². The maximum absolute atomic E-state index is 13.4. The Morgan fingerprint density at radius 3 is 2.70 bits per heavy atom. The molecule has 4 rings (SSSR count). The second-order valence-corrected chi connectivity index (χ2v) is 8.36. The van der Waals surface area contributed by atoms with Gasteiger partial charge in [-0.15, -0.1) is 5.10 Å². The van der Waals surface area contributed by atoms with Crippen LogP contribution in [0.1, 0.15) is 35.1 Å². The highest BCUT2D eigenvalue weighted by molar-refractivity contribution is 7.98. The highest BCUT2D eigenvalue weighted by Crippen LogP contribution is 2.22. The summed E-state index contributed by atoms with van der Waals surface area (Å²) in [6.45, 7) is 3.26. The van der Waals surface area contributed by atoms with Crippen LogP contribution in [0.3, 0.4) is 0 Å². The summed E-state index contributed by atoms with van der Waals surface area (Å²) in [4.78, 5) is 30.1. The standard InChI is InChI=1S/C23H24N6O3S/c1-3-12-29-20(25-26-27-29)15-33-23-24-19-14-17(22(31)32-2)9-10-18(19)21(30)28(23)13-11-16-7-5-4-6-8-16/h4-10,14H,3,11-13,15H2,1-2H3. The Hall–Kier alpha value is -3.53. The van der Waals surface area contributed by atoms with Gasteiger partial charge in [-0.05, 0) is 47.0 Å². The molecule has 33 heavy (non-hydrogen) atoms. The molecule has 0 amide bonds. The van der Waals surface area contributed by atoms with Crippen LogP contribution < -0.4 is 5.56 Å². The number of carbonyl (C=O) groups excluding carboxylic acids is 1. The van der Waals surface area contributed by atoms with Crippen LogP contribution in [-0.2, 0) is 30.0 Å². The number of aryl methyl sites for hydroxylation is 2. The fourth-order valence-electron chi connectivity index (χ4n) is 3.48. The van der Waals surface area contributed by atoms with Crippen molar-refractivity contribution in [3.8, 4) is 0 Å². The molecule has 0 aliphatic carbocycles. The number of ether oxygens (including phenoxy) is 1. The third kappa shape index (κ3) is 5.11. The molecule has 0 atom stereocenters. The van der Waals surface area contributed by atoms with E-state index in [0.29, 0.717) is 46.2 Å². The molecule has 4 aromatic rings. The molecular formula is C23H24N6O3S. The largest absolute Gasteiger partial charge is 0.465 e. The van der Waals surface area contributed by atoms with Crippen molar-refractivity contribution >= 4 is 28.6 Å². The first-order chi connectivity index (χ1) is 16.1. The molecule has 0 saturated carbocycles. The van der Waals surface area contributed by atoms with E-state index in [1.54, 1.807) is 27.4 Å². The first-order valence-electron chi connectivity index (χ1n) is 10.7. The van der Waals surface area contributed by atoms with Crippen LogP contribution in [0.4, 0.5) is 0 Å². The summed E-state index contributed by atoms with van der Waals surface area (Å²) < 4.78 is 8.26. The van der Waals surface area contributed by atoms with Crippen molar-refractivity contribution in [1.82, 2.24) is 29.8 Å². The number of esters is 1. The van der Waals surface area contributed by atoms with Gasteiger partial charge in [-0.2, -0.15) is 0 Å². The molecule has 2 aromatic heterocycles. The van der Waals surface area contributed by atoms with Crippen molar-refractivity contribution in [2.45, 2.75) is 43.8 Å². The van der Waals surface area contributed by atoms with Crippen LogP contribution in [0.25, 0.3) is 10.9 Å². The van der Waals surface area contributed by atoms with Crippen molar-refractivity contribution in [2.24, 2.45) is 0 Å². The quantitative estimate of drug-likeness (QED) is 0.211. The predicted molar refractivity (Wildman–Crippen MR) is 125 cm³/mol. The zero-order valence-electron chi connectivity index (χ0n) is 18.5. The Bertz CT molecular complexity index is 1320. The maximum Gasteiger partial charge on any atom is 0.337 e. The third-order valence-corrected chi connectivity index (χ3v) is 6.15. The lowest BCUT2D eigenvalue weighted by Crippen LogP contribution is -2.24. The fourth-order valence-corrected chi connectivity index (χ4v) is 4.44. The number of methoxy groups -OCH3 is 1. The van der Waals surface area contributed by atoms with E-state index in [-0.39, 0.29) is 5.56 Å². The summed E-state index contributed by atoms with van der Waals surface area (Å²) >= 11 is 1.40. The average Bonchev–Trinajstić information content (AvgIpc) is 3.29. The minimum Gasteiger partial charge on any atom is -0.465 e. The molecule has 0 spiro atoms. The lowest BCUT2D eigenvalue weighted by Gasteiger charge is -2.13. The molecule has 0 saturated heterocycles. The molecule has 9 nitrogen and oxygen atoms in total. The van der Waals surface area contributed by atoms with Gasteiger partial charge in [-0.3, -0.25) is 9.36 Å². The zero-order valence-corrected chi connectivity index (χ0v) is 19.3. The fraction of sp³-hybridized carbons (Fsp3) is 0.304. The molecule has 2 aromatic carbocycles. The Morgan fingerprint density at radius 1 is 1.12 bits per heavy atom. The number of thioether (sulfide) groups is 1. The Labute approximate surface area is 194 Å². The predicted octanol–water partition coefficient (Wildman–Crippen LogP) is 3.11. The van der Waals surface area contributed by atoms with Crippen LogP contribution in [0.15, 0.2) is 58.5 Å². The Kier molecular flexibility index (Phi) is 7.13. The molecule has 0 fully saturated rings.